The van der Waals surface area contributed by atoms with Gasteiger partial charge in [0.1, 0.15) is 21.1 Å². The lowest BCUT2D eigenvalue weighted by Gasteiger charge is -2.26. The van der Waals surface area contributed by atoms with Gasteiger partial charge < -0.3 is 20.1 Å². The Morgan fingerprint density at radius 1 is 1.11 bits per heavy atom. The van der Waals surface area contributed by atoms with Gasteiger partial charge in [-0.15, -0.1) is 11.3 Å². The molecule has 0 fully saturated rings. The Balaban J connectivity index is 2.04. The van der Waals surface area contributed by atoms with Crippen molar-refractivity contribution in [3.8, 4) is 6.07 Å². The molecule has 0 aliphatic carbocycles. The normalized spacial score (nSPS) is 12.9. The van der Waals surface area contributed by atoms with Crippen molar-refractivity contribution < 1.29 is 32.2 Å². The predicted octanol–water partition coefficient (Wildman–Crippen LogP) is 5.98. The Bertz CT molecular complexity index is 1140. The van der Waals surface area contributed by atoms with Crippen molar-refractivity contribution in [2.45, 2.75) is 70.9 Å². The summed E-state index contributed by atoms with van der Waals surface area (Å²) in [6.45, 7) is 8.37. The van der Waals surface area contributed by atoms with E-state index in [2.05, 4.69) is 31.5 Å². The van der Waals surface area contributed by atoms with Gasteiger partial charge in [0.25, 0.3) is 0 Å². The molecule has 13 heteroatoms. The Morgan fingerprint density at radius 2 is 1.73 bits per heavy atom. The van der Waals surface area contributed by atoms with Crippen molar-refractivity contribution >= 4 is 39.5 Å². The number of thiazole rings is 1. The van der Waals surface area contributed by atoms with Gasteiger partial charge in [0.15, 0.2) is 5.69 Å². The average molecular weight is 605 g/mol. The monoisotopic (exact) mass is 604 g/mol. The molecule has 2 amide bonds. The van der Waals surface area contributed by atoms with Crippen molar-refractivity contribution in [2.24, 2.45) is 0 Å². The summed E-state index contributed by atoms with van der Waals surface area (Å²) in [5.74, 6) is 0. The van der Waals surface area contributed by atoms with E-state index in [4.69, 9.17) is 14.7 Å². The molecule has 0 spiro atoms. The molecule has 202 valence electrons. The lowest BCUT2D eigenvalue weighted by atomic mass is 10.0. The lowest BCUT2D eigenvalue weighted by Crippen LogP contribution is -2.47. The number of aromatic nitrogens is 1. The Morgan fingerprint density at radius 3 is 2.24 bits per heavy atom. The molecule has 0 radical (unpaired) electrons. The third-order valence-electron chi connectivity index (χ3n) is 4.66. The number of nitrogens with one attached hydrogen (secondary N) is 2. The van der Waals surface area contributed by atoms with Gasteiger partial charge in [-0.25, -0.2) is 14.6 Å². The van der Waals surface area contributed by atoms with E-state index < -0.39 is 41.2 Å². The van der Waals surface area contributed by atoms with Gasteiger partial charge >= 0.3 is 18.4 Å². The maximum Gasteiger partial charge on any atom is 0.416 e. The molecule has 0 saturated carbocycles. The quantitative estimate of drug-likeness (QED) is 0.383. The number of nitriles is 1. The molecule has 1 heterocycles. The van der Waals surface area contributed by atoms with Crippen LogP contribution in [0, 0.1) is 11.3 Å². The highest BCUT2D eigenvalue weighted by Gasteiger charge is 2.30. The van der Waals surface area contributed by atoms with E-state index in [-0.39, 0.29) is 25.1 Å². The predicted molar refractivity (Wildman–Crippen MR) is 135 cm³/mol. The molecule has 1 aromatic carbocycles. The number of nitrogens with zero attached hydrogens (tertiary/aromatic N) is 2. The third kappa shape index (κ3) is 10.6. The van der Waals surface area contributed by atoms with Crippen LogP contribution in [0.5, 0.6) is 0 Å². The molecule has 8 nitrogen and oxygen atoms in total. The second kappa shape index (κ2) is 12.1. The zero-order valence-electron chi connectivity index (χ0n) is 21.0. The fraction of sp³-hybridized carbons (Fsp3) is 0.500. The standard InChI is InChI=1S/C24H28BrF3N4O4S/c1-22(2,3)35-21(34)31-16(10-14-6-8-15(9-7-14)24(26,27)28)13-30-20(33)36-23(4,5)11-18-32-17(12-29)19(25)37-18/h6-9,16H,10-11,13H2,1-5H3,(H,30,33)(H,31,34)/t16-/m0/s1. The summed E-state index contributed by atoms with van der Waals surface area (Å²) in [5.41, 5.74) is -1.75. The minimum atomic E-state index is -4.46. The van der Waals surface area contributed by atoms with E-state index in [0.717, 1.165) is 12.1 Å². The number of hydrogen-bond donors (Lipinski definition) is 2. The van der Waals surface area contributed by atoms with Gasteiger partial charge in [-0.3, -0.25) is 0 Å². The second-order valence-electron chi connectivity index (χ2n) is 9.79. The van der Waals surface area contributed by atoms with Crippen LogP contribution >= 0.6 is 27.3 Å². The molecule has 2 N–H and O–H groups in total. The first kappa shape index (κ1) is 30.4. The second-order valence-corrected chi connectivity index (χ2v) is 12.2. The van der Waals surface area contributed by atoms with Crippen LogP contribution in [0.2, 0.25) is 0 Å². The fourth-order valence-electron chi connectivity index (χ4n) is 3.14. The van der Waals surface area contributed by atoms with Crippen LogP contribution in [0.15, 0.2) is 28.1 Å². The molecule has 2 aromatic rings. The first-order valence-corrected chi connectivity index (χ1v) is 12.8. The van der Waals surface area contributed by atoms with E-state index in [1.165, 1.54) is 23.5 Å². The zero-order valence-corrected chi connectivity index (χ0v) is 23.4. The highest BCUT2D eigenvalue weighted by Crippen LogP contribution is 2.29. The van der Waals surface area contributed by atoms with Gasteiger partial charge in [-0.2, -0.15) is 18.4 Å². The largest absolute Gasteiger partial charge is 0.444 e. The number of rotatable bonds is 8. The third-order valence-corrected chi connectivity index (χ3v) is 6.36. The van der Waals surface area contributed by atoms with E-state index in [1.807, 2.05) is 6.07 Å². The highest BCUT2D eigenvalue weighted by atomic mass is 79.9. The van der Waals surface area contributed by atoms with Crippen molar-refractivity contribution in [3.63, 3.8) is 0 Å². The number of alkyl halides is 3. The van der Waals surface area contributed by atoms with Crippen molar-refractivity contribution in [1.29, 1.82) is 5.26 Å². The van der Waals surface area contributed by atoms with Crippen LogP contribution in [0.1, 0.15) is 56.4 Å². The van der Waals surface area contributed by atoms with Gasteiger partial charge in [-0.05, 0) is 74.7 Å². The van der Waals surface area contributed by atoms with Crippen LogP contribution in [-0.2, 0) is 28.5 Å². The summed E-state index contributed by atoms with van der Waals surface area (Å²) in [6, 6.07) is 5.81. The lowest BCUT2D eigenvalue weighted by molar-refractivity contribution is -0.137. The number of carbonyl (C=O) groups is 2. The van der Waals surface area contributed by atoms with Gasteiger partial charge in [0.2, 0.25) is 0 Å². The summed E-state index contributed by atoms with van der Waals surface area (Å²) in [4.78, 5) is 29.0. The minimum absolute atomic E-state index is 0.0729. The average Bonchev–Trinajstić information content (AvgIpc) is 3.08. The van der Waals surface area contributed by atoms with E-state index in [0.29, 0.717) is 14.4 Å². The number of carbonyl (C=O) groups excluding carboxylic acids is 2. The molecule has 37 heavy (non-hydrogen) atoms. The fourth-order valence-corrected chi connectivity index (χ4v) is 4.83. The van der Waals surface area contributed by atoms with Crippen molar-refractivity contribution in [2.75, 3.05) is 6.54 Å². The molecule has 1 atom stereocenters. The first-order chi connectivity index (χ1) is 17.0. The Hall–Kier alpha value is -2.85. The molecular weight excluding hydrogens is 577 g/mol. The van der Waals surface area contributed by atoms with Gasteiger partial charge in [-0.1, -0.05) is 12.1 Å². The van der Waals surface area contributed by atoms with E-state index in [9.17, 15) is 22.8 Å². The summed E-state index contributed by atoms with van der Waals surface area (Å²) >= 11 is 4.53. The molecule has 0 saturated heterocycles. The van der Waals surface area contributed by atoms with Crippen molar-refractivity contribution in [1.82, 2.24) is 15.6 Å². The molecule has 0 aliphatic heterocycles. The number of halogens is 4. The number of hydrogen-bond acceptors (Lipinski definition) is 7. The molecule has 2 rings (SSSR count). The number of benzene rings is 1. The maximum absolute atomic E-state index is 12.9. The Labute approximate surface area is 225 Å². The SMILES string of the molecule is CC(C)(C)OC(=O)N[C@H](CNC(=O)OC(C)(C)Cc1nc(C#N)c(Br)s1)Cc1ccc(C(F)(F)F)cc1. The van der Waals surface area contributed by atoms with Crippen LogP contribution in [0.4, 0.5) is 22.8 Å². The number of amides is 2. The summed E-state index contributed by atoms with van der Waals surface area (Å²) < 4.78 is 50.0. The summed E-state index contributed by atoms with van der Waals surface area (Å²) in [6.07, 6.45) is -5.57. The molecular formula is C24H28BrF3N4O4S. The first-order valence-electron chi connectivity index (χ1n) is 11.2. The van der Waals surface area contributed by atoms with Gasteiger partial charge in [0, 0.05) is 13.0 Å². The molecule has 0 aliphatic rings. The van der Waals surface area contributed by atoms with E-state index in [1.54, 1.807) is 34.6 Å². The van der Waals surface area contributed by atoms with Gasteiger partial charge in [0.05, 0.1) is 16.6 Å². The highest BCUT2D eigenvalue weighted by molar-refractivity contribution is 9.11. The Kier molecular flexibility index (Phi) is 9.96. The molecule has 0 unspecified atom stereocenters. The van der Waals surface area contributed by atoms with Crippen LogP contribution < -0.4 is 10.6 Å². The maximum atomic E-state index is 12.9. The van der Waals surface area contributed by atoms with Crippen LogP contribution in [0.25, 0.3) is 0 Å². The topological polar surface area (TPSA) is 113 Å². The smallest absolute Gasteiger partial charge is 0.416 e. The van der Waals surface area contributed by atoms with Crippen LogP contribution in [0.3, 0.4) is 0 Å². The number of alkyl carbamates (subject to hydrolysis) is 2. The van der Waals surface area contributed by atoms with Crippen LogP contribution in [-0.4, -0.2) is 41.0 Å². The van der Waals surface area contributed by atoms with Crippen molar-refractivity contribution in [3.05, 3.63) is 49.9 Å². The summed E-state index contributed by atoms with van der Waals surface area (Å²) in [5, 5.41) is 14.9. The minimum Gasteiger partial charge on any atom is -0.444 e. The molecule has 1 aromatic heterocycles. The molecule has 0 bridgehead atoms. The number of ether oxygens (including phenoxy) is 2. The summed E-state index contributed by atoms with van der Waals surface area (Å²) in [7, 11) is 0. The zero-order chi connectivity index (χ0) is 28.0. The van der Waals surface area contributed by atoms with E-state index >= 15 is 0 Å².